The lowest BCUT2D eigenvalue weighted by molar-refractivity contribution is -0.145. The van der Waals surface area contributed by atoms with E-state index in [-0.39, 0.29) is 30.3 Å². The molecule has 7 nitrogen and oxygen atoms in total. The van der Waals surface area contributed by atoms with E-state index in [1.807, 2.05) is 0 Å². The van der Waals surface area contributed by atoms with Crippen molar-refractivity contribution in [3.63, 3.8) is 0 Å². The van der Waals surface area contributed by atoms with Crippen LogP contribution in [0, 0.1) is 0 Å². The highest BCUT2D eigenvalue weighted by atomic mass is 35.5. The van der Waals surface area contributed by atoms with Gasteiger partial charge >= 0.3 is 5.97 Å². The number of hydrogen-bond donors (Lipinski definition) is 1. The van der Waals surface area contributed by atoms with Gasteiger partial charge in [-0.2, -0.15) is 0 Å². The van der Waals surface area contributed by atoms with Crippen LogP contribution >= 0.6 is 11.6 Å². The van der Waals surface area contributed by atoms with Crippen molar-refractivity contribution in [3.8, 4) is 11.5 Å². The Bertz CT molecular complexity index is 996. The zero-order valence-corrected chi connectivity index (χ0v) is 16.0. The molecule has 0 aliphatic rings. The number of nitrogens with one attached hydrogen (secondary N) is 1. The van der Waals surface area contributed by atoms with Crippen molar-refractivity contribution in [2.45, 2.75) is 6.92 Å². The van der Waals surface area contributed by atoms with Crippen LogP contribution in [0.25, 0.3) is 11.0 Å². The molecule has 3 rings (SSSR count). The van der Waals surface area contributed by atoms with Gasteiger partial charge < -0.3 is 23.9 Å². The summed E-state index contributed by atoms with van der Waals surface area (Å²) >= 11 is 5.88. The van der Waals surface area contributed by atoms with Crippen molar-refractivity contribution in [1.82, 2.24) is 0 Å². The van der Waals surface area contributed by atoms with Gasteiger partial charge in [0.15, 0.2) is 6.61 Å². The van der Waals surface area contributed by atoms with Gasteiger partial charge in [0.2, 0.25) is 0 Å². The first kappa shape index (κ1) is 19.6. The Kier molecular flexibility index (Phi) is 6.06. The summed E-state index contributed by atoms with van der Waals surface area (Å²) in [6.07, 6.45) is 1.48. The Labute approximate surface area is 166 Å². The molecule has 28 heavy (non-hydrogen) atoms. The molecule has 8 heteroatoms. The largest absolute Gasteiger partial charge is 0.495 e. The predicted molar refractivity (Wildman–Crippen MR) is 104 cm³/mol. The minimum Gasteiger partial charge on any atom is -0.495 e. The highest BCUT2D eigenvalue weighted by Crippen LogP contribution is 2.38. The second-order valence-corrected chi connectivity index (χ2v) is 6.11. The molecule has 146 valence electrons. The van der Waals surface area contributed by atoms with Crippen LogP contribution in [0.15, 0.2) is 47.1 Å². The number of carbonyl (C=O) groups excluding carboxylic acids is 2. The second kappa shape index (κ2) is 8.67. The lowest BCUT2D eigenvalue weighted by Gasteiger charge is -2.15. The molecule has 0 spiro atoms. The van der Waals surface area contributed by atoms with E-state index >= 15 is 0 Å². The lowest BCUT2D eigenvalue weighted by Crippen LogP contribution is -2.19. The van der Waals surface area contributed by atoms with Gasteiger partial charge in [0.05, 0.1) is 25.4 Å². The number of furan rings is 1. The second-order valence-electron chi connectivity index (χ2n) is 5.67. The monoisotopic (exact) mass is 403 g/mol. The zero-order chi connectivity index (χ0) is 20.1. The zero-order valence-electron chi connectivity index (χ0n) is 15.3. The third-order valence-electron chi connectivity index (χ3n) is 3.86. The maximum atomic E-state index is 13.0. The highest BCUT2D eigenvalue weighted by Gasteiger charge is 2.24. The third-order valence-corrected chi connectivity index (χ3v) is 4.11. The molecule has 0 atom stereocenters. The van der Waals surface area contributed by atoms with Crippen molar-refractivity contribution in [3.05, 3.63) is 53.2 Å². The van der Waals surface area contributed by atoms with Gasteiger partial charge in [0, 0.05) is 16.8 Å². The molecule has 1 heterocycles. The summed E-state index contributed by atoms with van der Waals surface area (Å²) in [6.45, 7) is 1.57. The lowest BCUT2D eigenvalue weighted by atomic mass is 10.1. The van der Waals surface area contributed by atoms with Crippen LogP contribution in [-0.2, 0) is 9.53 Å². The first-order valence-electron chi connectivity index (χ1n) is 8.47. The quantitative estimate of drug-likeness (QED) is 0.592. The number of ether oxygens (including phenoxy) is 3. The molecule has 0 bridgehead atoms. The van der Waals surface area contributed by atoms with Crippen LogP contribution in [0.2, 0.25) is 5.02 Å². The molecule has 0 aliphatic carbocycles. The maximum Gasteiger partial charge on any atom is 0.344 e. The van der Waals surface area contributed by atoms with Crippen molar-refractivity contribution >= 4 is 40.1 Å². The van der Waals surface area contributed by atoms with Gasteiger partial charge in [-0.25, -0.2) is 4.79 Å². The summed E-state index contributed by atoms with van der Waals surface area (Å²) in [4.78, 5) is 24.7. The van der Waals surface area contributed by atoms with E-state index in [1.54, 1.807) is 37.3 Å². The number of rotatable bonds is 7. The summed E-state index contributed by atoms with van der Waals surface area (Å²) in [5, 5.41) is 3.92. The molecule has 0 saturated heterocycles. The van der Waals surface area contributed by atoms with Gasteiger partial charge in [-0.05, 0) is 37.3 Å². The number of fused-ring (bicyclic) bond motifs is 1. The van der Waals surface area contributed by atoms with Crippen molar-refractivity contribution in [1.29, 1.82) is 0 Å². The van der Waals surface area contributed by atoms with Crippen molar-refractivity contribution < 1.29 is 28.2 Å². The number of amides is 1. The van der Waals surface area contributed by atoms with Crippen LogP contribution in [-0.4, -0.2) is 32.2 Å². The molecule has 2 aromatic carbocycles. The number of anilines is 1. The Balaban J connectivity index is 1.98. The fourth-order valence-corrected chi connectivity index (χ4v) is 2.79. The molecule has 1 aromatic heterocycles. The van der Waals surface area contributed by atoms with Crippen LogP contribution < -0.4 is 14.8 Å². The molecular weight excluding hydrogens is 386 g/mol. The SMILES string of the molecule is CCOC(=O)COc1cc2occc2c(OC)c1C(=O)Nc1ccc(Cl)cc1. The standard InChI is InChI=1S/C20H18ClNO6/c1-3-26-17(23)11-28-16-10-15-14(8-9-27-15)19(25-2)18(16)20(24)22-13-6-4-12(21)5-7-13/h4-10H,3,11H2,1-2H3,(H,22,24). The topological polar surface area (TPSA) is 87.0 Å². The predicted octanol–water partition coefficient (Wildman–Crippen LogP) is 4.29. The summed E-state index contributed by atoms with van der Waals surface area (Å²) in [5.74, 6) is -0.610. The molecule has 0 saturated carbocycles. The van der Waals surface area contributed by atoms with Crippen LogP contribution in [0.4, 0.5) is 5.69 Å². The Hall–Kier alpha value is -3.19. The third kappa shape index (κ3) is 4.20. The van der Waals surface area contributed by atoms with Gasteiger partial charge in [0.1, 0.15) is 22.6 Å². The first-order valence-corrected chi connectivity index (χ1v) is 8.84. The number of esters is 1. The first-order chi connectivity index (χ1) is 13.5. The van der Waals surface area contributed by atoms with E-state index in [1.165, 1.54) is 19.4 Å². The van der Waals surface area contributed by atoms with E-state index in [0.29, 0.717) is 21.7 Å². The van der Waals surface area contributed by atoms with E-state index < -0.39 is 11.9 Å². The number of halogens is 1. The summed E-state index contributed by atoms with van der Waals surface area (Å²) < 4.78 is 21.3. The minimum absolute atomic E-state index is 0.135. The molecule has 1 amide bonds. The number of benzene rings is 2. The normalized spacial score (nSPS) is 10.5. The van der Waals surface area contributed by atoms with Crippen LogP contribution in [0.3, 0.4) is 0 Å². The smallest absolute Gasteiger partial charge is 0.344 e. The van der Waals surface area contributed by atoms with E-state index in [4.69, 9.17) is 30.2 Å². The van der Waals surface area contributed by atoms with Crippen LogP contribution in [0.5, 0.6) is 11.5 Å². The van der Waals surface area contributed by atoms with Gasteiger partial charge in [-0.1, -0.05) is 11.6 Å². The fraction of sp³-hybridized carbons (Fsp3) is 0.200. The van der Waals surface area contributed by atoms with Crippen molar-refractivity contribution in [2.75, 3.05) is 25.6 Å². The highest BCUT2D eigenvalue weighted by molar-refractivity contribution is 6.30. The van der Waals surface area contributed by atoms with Gasteiger partial charge in [0.25, 0.3) is 5.91 Å². The summed E-state index contributed by atoms with van der Waals surface area (Å²) in [6, 6.07) is 9.87. The Morgan fingerprint density at radius 2 is 1.93 bits per heavy atom. The molecular formula is C20H18ClNO6. The number of hydrogen-bond acceptors (Lipinski definition) is 6. The molecule has 1 N–H and O–H groups in total. The minimum atomic E-state index is -0.551. The van der Waals surface area contributed by atoms with Gasteiger partial charge in [-0.3, -0.25) is 4.79 Å². The average molecular weight is 404 g/mol. The van der Waals surface area contributed by atoms with Crippen LogP contribution in [0.1, 0.15) is 17.3 Å². The summed E-state index contributed by atoms with van der Waals surface area (Å²) in [7, 11) is 1.44. The molecule has 0 aliphatic heterocycles. The average Bonchev–Trinajstić information content (AvgIpc) is 3.15. The van der Waals surface area contributed by atoms with E-state index in [0.717, 1.165) is 0 Å². The Morgan fingerprint density at radius 3 is 2.61 bits per heavy atom. The fourth-order valence-electron chi connectivity index (χ4n) is 2.67. The van der Waals surface area contributed by atoms with Gasteiger partial charge in [-0.15, -0.1) is 0 Å². The summed E-state index contributed by atoms with van der Waals surface area (Å²) in [5.41, 5.74) is 1.13. The molecule has 3 aromatic rings. The molecule has 0 unspecified atom stereocenters. The molecule has 0 fully saturated rings. The number of methoxy groups -OCH3 is 1. The van der Waals surface area contributed by atoms with E-state index in [9.17, 15) is 9.59 Å². The van der Waals surface area contributed by atoms with E-state index in [2.05, 4.69) is 5.32 Å². The number of carbonyl (C=O) groups is 2. The maximum absolute atomic E-state index is 13.0. The Morgan fingerprint density at radius 1 is 1.18 bits per heavy atom. The molecule has 0 radical (unpaired) electrons. The van der Waals surface area contributed by atoms with Crippen molar-refractivity contribution in [2.24, 2.45) is 0 Å².